The molecule has 8 nitrogen and oxygen atoms in total. The Balaban J connectivity index is 1.42. The molecule has 0 aliphatic carbocycles. The standard InChI is InChI=1S/C20H29FN4O4S/c21-17-7-3-4-8-18(17)30(28,29)25-15-13-24(14-16-25)20(27)22-10-6-12-23-11-5-1-2-9-19(23)26/h3-4,7-8H,1-2,5-6,9-16H2,(H,22,27). The van der Waals surface area contributed by atoms with Crippen LogP contribution in [-0.2, 0) is 14.8 Å². The van der Waals surface area contributed by atoms with E-state index >= 15 is 0 Å². The molecule has 3 amide bonds. The number of amides is 3. The van der Waals surface area contributed by atoms with E-state index in [1.165, 1.54) is 22.5 Å². The summed E-state index contributed by atoms with van der Waals surface area (Å²) in [5, 5.41) is 2.84. The summed E-state index contributed by atoms with van der Waals surface area (Å²) in [6.07, 6.45) is 4.34. The largest absolute Gasteiger partial charge is 0.343 e. The lowest BCUT2D eigenvalue weighted by molar-refractivity contribution is -0.130. The van der Waals surface area contributed by atoms with Crippen molar-refractivity contribution in [2.45, 2.75) is 37.0 Å². The van der Waals surface area contributed by atoms with Gasteiger partial charge in [-0.1, -0.05) is 18.6 Å². The summed E-state index contributed by atoms with van der Waals surface area (Å²) in [7, 11) is -3.92. The van der Waals surface area contributed by atoms with Gasteiger partial charge >= 0.3 is 6.03 Å². The number of nitrogens with zero attached hydrogens (tertiary/aromatic N) is 3. The van der Waals surface area contributed by atoms with Crippen LogP contribution in [0.3, 0.4) is 0 Å². The molecule has 30 heavy (non-hydrogen) atoms. The monoisotopic (exact) mass is 440 g/mol. The second kappa shape index (κ2) is 10.2. The molecule has 0 aromatic heterocycles. The number of hydrogen-bond donors (Lipinski definition) is 1. The van der Waals surface area contributed by atoms with Crippen molar-refractivity contribution in [3.8, 4) is 0 Å². The maximum Gasteiger partial charge on any atom is 0.317 e. The highest BCUT2D eigenvalue weighted by molar-refractivity contribution is 7.89. The first kappa shape index (κ1) is 22.5. The summed E-state index contributed by atoms with van der Waals surface area (Å²) in [5.74, 6) is -0.591. The molecule has 166 valence electrons. The SMILES string of the molecule is O=C1CCCCCN1CCCNC(=O)N1CCN(S(=O)(=O)c2ccccc2F)CC1. The lowest BCUT2D eigenvalue weighted by Gasteiger charge is -2.34. The minimum absolute atomic E-state index is 0.117. The highest BCUT2D eigenvalue weighted by Gasteiger charge is 2.31. The summed E-state index contributed by atoms with van der Waals surface area (Å²) in [6.45, 7) is 2.59. The number of benzene rings is 1. The molecule has 1 aromatic carbocycles. The Morgan fingerprint density at radius 2 is 1.77 bits per heavy atom. The van der Waals surface area contributed by atoms with Gasteiger partial charge in [0.15, 0.2) is 0 Å². The number of urea groups is 1. The van der Waals surface area contributed by atoms with Gasteiger partial charge in [-0.2, -0.15) is 4.31 Å². The van der Waals surface area contributed by atoms with Gasteiger partial charge in [0.05, 0.1) is 0 Å². The van der Waals surface area contributed by atoms with Crippen LogP contribution >= 0.6 is 0 Å². The van der Waals surface area contributed by atoms with E-state index in [4.69, 9.17) is 0 Å². The third-order valence-electron chi connectivity index (χ3n) is 5.53. The molecule has 10 heteroatoms. The highest BCUT2D eigenvalue weighted by Crippen LogP contribution is 2.20. The van der Waals surface area contributed by atoms with Crippen molar-refractivity contribution in [1.82, 2.24) is 19.4 Å². The quantitative estimate of drug-likeness (QED) is 0.681. The summed E-state index contributed by atoms with van der Waals surface area (Å²) in [4.78, 5) is 27.4. The van der Waals surface area contributed by atoms with Crippen LogP contribution in [0.5, 0.6) is 0 Å². The van der Waals surface area contributed by atoms with Crippen LogP contribution in [-0.4, -0.2) is 80.3 Å². The molecule has 2 fully saturated rings. The molecule has 1 aromatic rings. The van der Waals surface area contributed by atoms with Crippen molar-refractivity contribution in [1.29, 1.82) is 0 Å². The van der Waals surface area contributed by atoms with Crippen LogP contribution in [0.2, 0.25) is 0 Å². The average Bonchev–Trinajstić information content (AvgIpc) is 2.95. The number of sulfonamides is 1. The predicted octanol–water partition coefficient (Wildman–Crippen LogP) is 1.63. The van der Waals surface area contributed by atoms with Crippen molar-refractivity contribution in [3.05, 3.63) is 30.1 Å². The van der Waals surface area contributed by atoms with E-state index in [9.17, 15) is 22.4 Å². The van der Waals surface area contributed by atoms with Crippen LogP contribution < -0.4 is 5.32 Å². The summed E-state index contributed by atoms with van der Waals surface area (Å²) < 4.78 is 40.4. The number of carbonyl (C=O) groups is 2. The number of carbonyl (C=O) groups excluding carboxylic acids is 2. The number of nitrogens with one attached hydrogen (secondary N) is 1. The number of likely N-dealkylation sites (tertiary alicyclic amines) is 1. The molecule has 0 atom stereocenters. The van der Waals surface area contributed by atoms with E-state index in [0.29, 0.717) is 25.9 Å². The Labute approximate surface area is 177 Å². The van der Waals surface area contributed by atoms with Gasteiger partial charge in [-0.3, -0.25) is 4.79 Å². The maximum absolute atomic E-state index is 13.9. The summed E-state index contributed by atoms with van der Waals surface area (Å²) >= 11 is 0. The Hall–Kier alpha value is -2.20. The fourth-order valence-electron chi connectivity index (χ4n) is 3.78. The second-order valence-corrected chi connectivity index (χ2v) is 9.50. The van der Waals surface area contributed by atoms with Gasteiger partial charge in [-0.25, -0.2) is 17.6 Å². The molecular weight excluding hydrogens is 411 g/mol. The fourth-order valence-corrected chi connectivity index (χ4v) is 5.26. The lowest BCUT2D eigenvalue weighted by atomic mass is 10.2. The zero-order chi connectivity index (χ0) is 21.6. The number of hydrogen-bond acceptors (Lipinski definition) is 4. The molecular formula is C20H29FN4O4S. The number of halogens is 1. The van der Waals surface area contributed by atoms with Gasteiger partial charge in [-0.15, -0.1) is 0 Å². The maximum atomic E-state index is 13.9. The second-order valence-electron chi connectivity index (χ2n) is 7.60. The smallest absolute Gasteiger partial charge is 0.317 e. The Morgan fingerprint density at radius 3 is 2.50 bits per heavy atom. The van der Waals surface area contributed by atoms with Crippen LogP contribution in [0.4, 0.5) is 9.18 Å². The van der Waals surface area contributed by atoms with E-state index in [2.05, 4.69) is 5.32 Å². The van der Waals surface area contributed by atoms with Crippen molar-refractivity contribution in [2.24, 2.45) is 0 Å². The first-order valence-corrected chi connectivity index (χ1v) is 11.9. The first-order chi connectivity index (χ1) is 14.4. The van der Waals surface area contributed by atoms with Gasteiger partial charge < -0.3 is 15.1 Å². The molecule has 2 heterocycles. The molecule has 3 rings (SSSR count). The number of rotatable bonds is 6. The molecule has 0 spiro atoms. The third-order valence-corrected chi connectivity index (χ3v) is 7.46. The Morgan fingerprint density at radius 1 is 1.03 bits per heavy atom. The van der Waals surface area contributed by atoms with Crippen molar-refractivity contribution < 1.29 is 22.4 Å². The third kappa shape index (κ3) is 5.48. The molecule has 2 aliphatic heterocycles. The summed E-state index contributed by atoms with van der Waals surface area (Å²) in [5.41, 5.74) is 0. The molecule has 0 unspecified atom stereocenters. The van der Waals surface area contributed by atoms with E-state index in [1.54, 1.807) is 4.90 Å². The molecule has 1 N–H and O–H groups in total. The van der Waals surface area contributed by atoms with E-state index in [0.717, 1.165) is 31.9 Å². The highest BCUT2D eigenvalue weighted by atomic mass is 32.2. The van der Waals surface area contributed by atoms with Crippen molar-refractivity contribution in [3.63, 3.8) is 0 Å². The molecule has 0 radical (unpaired) electrons. The minimum atomic E-state index is -3.92. The van der Waals surface area contributed by atoms with Gasteiger partial charge in [0, 0.05) is 52.2 Å². The molecule has 2 aliphatic rings. The Kier molecular flexibility index (Phi) is 7.65. The molecule has 0 saturated carbocycles. The normalized spacial score (nSPS) is 18.9. The summed E-state index contributed by atoms with van der Waals surface area (Å²) in [6, 6.07) is 5.05. The predicted molar refractivity (Wildman–Crippen MR) is 110 cm³/mol. The molecule has 2 saturated heterocycles. The molecule has 0 bridgehead atoms. The van der Waals surface area contributed by atoms with Gasteiger partial charge in [0.2, 0.25) is 15.9 Å². The lowest BCUT2D eigenvalue weighted by Crippen LogP contribution is -2.53. The topological polar surface area (TPSA) is 90.0 Å². The Bertz CT molecular complexity index is 856. The van der Waals surface area contributed by atoms with Gasteiger partial charge in [-0.05, 0) is 31.4 Å². The van der Waals surface area contributed by atoms with Crippen LogP contribution in [0.1, 0.15) is 32.1 Å². The number of piperazine rings is 1. The van der Waals surface area contributed by atoms with Crippen molar-refractivity contribution >= 4 is 22.0 Å². The van der Waals surface area contributed by atoms with E-state index in [1.807, 2.05) is 4.90 Å². The van der Waals surface area contributed by atoms with E-state index in [-0.39, 0.29) is 43.0 Å². The zero-order valence-corrected chi connectivity index (χ0v) is 17.9. The van der Waals surface area contributed by atoms with Gasteiger partial charge in [0.1, 0.15) is 10.7 Å². The van der Waals surface area contributed by atoms with Gasteiger partial charge in [0.25, 0.3) is 0 Å². The fraction of sp³-hybridized carbons (Fsp3) is 0.600. The minimum Gasteiger partial charge on any atom is -0.343 e. The van der Waals surface area contributed by atoms with E-state index < -0.39 is 15.8 Å². The van der Waals surface area contributed by atoms with Crippen molar-refractivity contribution in [2.75, 3.05) is 45.8 Å². The van der Waals surface area contributed by atoms with Crippen LogP contribution in [0, 0.1) is 5.82 Å². The van der Waals surface area contributed by atoms with Crippen LogP contribution in [0.25, 0.3) is 0 Å². The zero-order valence-electron chi connectivity index (χ0n) is 17.1. The average molecular weight is 441 g/mol. The van der Waals surface area contributed by atoms with Crippen LogP contribution in [0.15, 0.2) is 29.2 Å². The first-order valence-electron chi connectivity index (χ1n) is 10.4.